The number of rotatable bonds is 5. The molecule has 1 aliphatic heterocycles. The van der Waals surface area contributed by atoms with Gasteiger partial charge in [0.25, 0.3) is 0 Å². The Bertz CT molecular complexity index is 405. The largest absolute Gasteiger partial charge is 0.496 e. The lowest BCUT2D eigenvalue weighted by atomic mass is 9.94. The van der Waals surface area contributed by atoms with Crippen LogP contribution in [-0.2, 0) is 0 Å². The van der Waals surface area contributed by atoms with E-state index in [1.165, 1.54) is 24.8 Å². The third kappa shape index (κ3) is 3.94. The van der Waals surface area contributed by atoms with Crippen LogP contribution in [0.15, 0.2) is 22.7 Å². The fraction of sp³-hybridized carbons (Fsp3) is 0.600. The maximum absolute atomic E-state index is 5.49. The summed E-state index contributed by atoms with van der Waals surface area (Å²) in [6, 6.07) is 7.13. The summed E-state index contributed by atoms with van der Waals surface area (Å²) in [4.78, 5) is 0. The number of benzene rings is 1. The molecule has 1 aliphatic rings. The van der Waals surface area contributed by atoms with Crippen LogP contribution in [0.5, 0.6) is 5.75 Å². The summed E-state index contributed by atoms with van der Waals surface area (Å²) >= 11 is 3.55. The monoisotopic (exact) mass is 326 g/mol. The molecule has 2 N–H and O–H groups in total. The van der Waals surface area contributed by atoms with E-state index in [1.54, 1.807) is 7.11 Å². The molecule has 2 unspecified atom stereocenters. The number of piperidine rings is 1. The van der Waals surface area contributed by atoms with Gasteiger partial charge in [-0.25, -0.2) is 0 Å². The van der Waals surface area contributed by atoms with Crippen molar-refractivity contribution < 1.29 is 4.74 Å². The molecule has 0 amide bonds. The molecule has 1 saturated heterocycles. The highest BCUT2D eigenvalue weighted by atomic mass is 79.9. The predicted octanol–water partition coefficient (Wildman–Crippen LogP) is 3.25. The fourth-order valence-electron chi connectivity index (χ4n) is 2.79. The summed E-state index contributed by atoms with van der Waals surface area (Å²) < 4.78 is 6.59. The molecule has 2 rings (SSSR count). The Kier molecular flexibility index (Phi) is 5.67. The van der Waals surface area contributed by atoms with Gasteiger partial charge in [-0.05, 0) is 51.1 Å². The second kappa shape index (κ2) is 7.27. The topological polar surface area (TPSA) is 33.3 Å². The third-order valence-corrected chi connectivity index (χ3v) is 4.34. The van der Waals surface area contributed by atoms with E-state index in [-0.39, 0.29) is 0 Å². The lowest BCUT2D eigenvalue weighted by Gasteiger charge is -2.28. The molecule has 0 bridgehead atoms. The van der Waals surface area contributed by atoms with Gasteiger partial charge in [0.15, 0.2) is 0 Å². The van der Waals surface area contributed by atoms with E-state index in [2.05, 4.69) is 32.6 Å². The first-order valence-corrected chi connectivity index (χ1v) is 7.78. The smallest absolute Gasteiger partial charge is 0.123 e. The van der Waals surface area contributed by atoms with Gasteiger partial charge >= 0.3 is 0 Å². The average Bonchev–Trinajstić information content (AvgIpc) is 2.46. The number of nitrogens with one attached hydrogen (secondary N) is 2. The van der Waals surface area contributed by atoms with Crippen LogP contribution < -0.4 is 15.4 Å². The highest BCUT2D eigenvalue weighted by Crippen LogP contribution is 2.31. The molecule has 19 heavy (non-hydrogen) atoms. The van der Waals surface area contributed by atoms with E-state index >= 15 is 0 Å². The quantitative estimate of drug-likeness (QED) is 0.871. The number of ether oxygens (including phenoxy) is 1. The molecule has 106 valence electrons. The van der Waals surface area contributed by atoms with Crippen LogP contribution >= 0.6 is 15.9 Å². The van der Waals surface area contributed by atoms with Crippen LogP contribution in [0.25, 0.3) is 0 Å². The van der Waals surface area contributed by atoms with Gasteiger partial charge in [0.05, 0.1) is 7.11 Å². The van der Waals surface area contributed by atoms with Gasteiger partial charge in [0.2, 0.25) is 0 Å². The fourth-order valence-corrected chi connectivity index (χ4v) is 3.17. The summed E-state index contributed by atoms with van der Waals surface area (Å²) in [6.07, 6.45) is 5.02. The van der Waals surface area contributed by atoms with Crippen LogP contribution in [-0.4, -0.2) is 26.7 Å². The van der Waals surface area contributed by atoms with Crippen LogP contribution in [0.2, 0.25) is 0 Å². The van der Waals surface area contributed by atoms with Gasteiger partial charge in [-0.2, -0.15) is 0 Å². The normalized spacial score (nSPS) is 21.1. The Balaban J connectivity index is 2.13. The van der Waals surface area contributed by atoms with Crippen molar-refractivity contribution in [1.29, 1.82) is 0 Å². The first kappa shape index (κ1) is 14.8. The molecule has 0 radical (unpaired) electrons. The first-order chi connectivity index (χ1) is 9.24. The van der Waals surface area contributed by atoms with E-state index in [9.17, 15) is 0 Å². The van der Waals surface area contributed by atoms with Crippen LogP contribution in [0, 0.1) is 0 Å². The Labute approximate surface area is 124 Å². The van der Waals surface area contributed by atoms with Gasteiger partial charge in [0, 0.05) is 22.1 Å². The van der Waals surface area contributed by atoms with Gasteiger partial charge in [-0.1, -0.05) is 22.4 Å². The highest BCUT2D eigenvalue weighted by Gasteiger charge is 2.21. The van der Waals surface area contributed by atoms with Crippen molar-refractivity contribution in [3.05, 3.63) is 28.2 Å². The minimum absolute atomic E-state index is 0.322. The maximum atomic E-state index is 5.49. The second-order valence-corrected chi connectivity index (χ2v) is 6.03. The number of hydrogen-bond donors (Lipinski definition) is 2. The molecule has 4 heteroatoms. The summed E-state index contributed by atoms with van der Waals surface area (Å²) in [5, 5.41) is 7.04. The molecule has 1 aromatic rings. The average molecular weight is 327 g/mol. The van der Waals surface area contributed by atoms with Crippen molar-refractivity contribution in [1.82, 2.24) is 10.6 Å². The standard InChI is InChI=1S/C15H23BrN2O/c1-17-14(10-12-5-3-4-8-18-12)13-9-11(16)6-7-15(13)19-2/h6-7,9,12,14,17-18H,3-5,8,10H2,1-2H3. The molecule has 2 atom stereocenters. The third-order valence-electron chi connectivity index (χ3n) is 3.85. The molecular weight excluding hydrogens is 304 g/mol. The molecule has 1 fully saturated rings. The number of hydrogen-bond acceptors (Lipinski definition) is 3. The highest BCUT2D eigenvalue weighted by molar-refractivity contribution is 9.10. The van der Waals surface area contributed by atoms with Crippen LogP contribution in [0.4, 0.5) is 0 Å². The minimum Gasteiger partial charge on any atom is -0.496 e. The summed E-state index contributed by atoms with van der Waals surface area (Å²) in [6.45, 7) is 1.15. The molecule has 3 nitrogen and oxygen atoms in total. The van der Waals surface area contributed by atoms with Crippen molar-refractivity contribution in [2.24, 2.45) is 0 Å². The molecular formula is C15H23BrN2O. The molecule has 0 aliphatic carbocycles. The Morgan fingerprint density at radius 2 is 2.32 bits per heavy atom. The molecule has 0 spiro atoms. The van der Waals surface area contributed by atoms with E-state index in [1.807, 2.05) is 19.2 Å². The molecule has 0 saturated carbocycles. The lowest BCUT2D eigenvalue weighted by Crippen LogP contribution is -2.37. The van der Waals surface area contributed by atoms with Crippen LogP contribution in [0.3, 0.4) is 0 Å². The lowest BCUT2D eigenvalue weighted by molar-refractivity contribution is 0.339. The van der Waals surface area contributed by atoms with E-state index in [0.29, 0.717) is 12.1 Å². The van der Waals surface area contributed by atoms with E-state index in [0.717, 1.165) is 23.2 Å². The molecule has 0 aromatic heterocycles. The van der Waals surface area contributed by atoms with Crippen molar-refractivity contribution in [2.75, 3.05) is 20.7 Å². The Morgan fingerprint density at radius 1 is 1.47 bits per heavy atom. The number of methoxy groups -OCH3 is 1. The Morgan fingerprint density at radius 3 is 2.95 bits per heavy atom. The predicted molar refractivity (Wildman–Crippen MR) is 82.8 cm³/mol. The van der Waals surface area contributed by atoms with E-state index in [4.69, 9.17) is 4.74 Å². The first-order valence-electron chi connectivity index (χ1n) is 6.98. The van der Waals surface area contributed by atoms with Crippen molar-refractivity contribution in [3.8, 4) is 5.75 Å². The van der Waals surface area contributed by atoms with Crippen molar-refractivity contribution >= 4 is 15.9 Å². The van der Waals surface area contributed by atoms with Crippen LogP contribution in [0.1, 0.15) is 37.3 Å². The summed E-state index contributed by atoms with van der Waals surface area (Å²) in [7, 11) is 3.76. The zero-order chi connectivity index (χ0) is 13.7. The second-order valence-electron chi connectivity index (χ2n) is 5.11. The van der Waals surface area contributed by atoms with E-state index < -0.39 is 0 Å². The van der Waals surface area contributed by atoms with Gasteiger partial charge in [-0.3, -0.25) is 0 Å². The molecule has 1 aromatic carbocycles. The zero-order valence-corrected chi connectivity index (χ0v) is 13.3. The van der Waals surface area contributed by atoms with Crippen molar-refractivity contribution in [2.45, 2.75) is 37.8 Å². The minimum atomic E-state index is 0.322. The van der Waals surface area contributed by atoms with Crippen molar-refractivity contribution in [3.63, 3.8) is 0 Å². The van der Waals surface area contributed by atoms with Gasteiger partial charge in [-0.15, -0.1) is 0 Å². The molecule has 1 heterocycles. The maximum Gasteiger partial charge on any atom is 0.123 e. The Hall–Kier alpha value is -0.580. The summed E-state index contributed by atoms with van der Waals surface area (Å²) in [5.74, 6) is 0.957. The number of halogens is 1. The zero-order valence-electron chi connectivity index (χ0n) is 11.7. The van der Waals surface area contributed by atoms with Gasteiger partial charge < -0.3 is 15.4 Å². The SMILES string of the molecule is CNC(CC1CCCCN1)c1cc(Br)ccc1OC. The van der Waals surface area contributed by atoms with Gasteiger partial charge in [0.1, 0.15) is 5.75 Å². The summed E-state index contributed by atoms with van der Waals surface area (Å²) in [5.41, 5.74) is 1.23.